The smallest absolute Gasteiger partial charge is 0.303 e. The molecule has 3 aliphatic rings. The quantitative estimate of drug-likeness (QED) is 0.693. The minimum atomic E-state index is -1.10. The molecule has 2 heterocycles. The number of carbonyl (C=O) groups is 1. The van der Waals surface area contributed by atoms with E-state index in [9.17, 15) is 15.0 Å². The molecule has 2 N–H and O–H groups in total. The van der Waals surface area contributed by atoms with E-state index >= 15 is 0 Å². The average molecular weight is 413 g/mol. The van der Waals surface area contributed by atoms with Crippen molar-refractivity contribution in [2.45, 2.75) is 109 Å². The molecule has 1 saturated carbocycles. The molecule has 3 fully saturated rings. The van der Waals surface area contributed by atoms with Gasteiger partial charge in [0.15, 0.2) is 0 Å². The largest absolute Gasteiger partial charge is 0.457 e. The third kappa shape index (κ3) is 4.10. The summed E-state index contributed by atoms with van der Waals surface area (Å²) in [6.45, 7) is 11.5. The number of methoxy groups -OCH3 is 1. The lowest BCUT2D eigenvalue weighted by Gasteiger charge is -2.50. The Hall–Kier alpha value is -0.690. The zero-order valence-electron chi connectivity index (χ0n) is 19.1. The van der Waals surface area contributed by atoms with Crippen molar-refractivity contribution in [1.29, 1.82) is 0 Å². The Labute approximate surface area is 175 Å². The van der Waals surface area contributed by atoms with Crippen molar-refractivity contribution < 1.29 is 29.2 Å². The lowest BCUT2D eigenvalue weighted by molar-refractivity contribution is -0.180. The molecule has 2 bridgehead atoms. The average Bonchev–Trinajstić information content (AvgIpc) is 2.95. The van der Waals surface area contributed by atoms with E-state index in [1.165, 1.54) is 6.92 Å². The fourth-order valence-corrected chi connectivity index (χ4v) is 6.65. The van der Waals surface area contributed by atoms with Crippen molar-refractivity contribution in [1.82, 2.24) is 0 Å². The van der Waals surface area contributed by atoms with Crippen LogP contribution in [0, 0.1) is 23.7 Å². The van der Waals surface area contributed by atoms with Gasteiger partial charge in [0, 0.05) is 32.3 Å². The van der Waals surface area contributed by atoms with E-state index in [0.29, 0.717) is 37.5 Å². The Balaban J connectivity index is 2.11. The lowest BCUT2D eigenvalue weighted by Crippen LogP contribution is -2.56. The van der Waals surface area contributed by atoms with Gasteiger partial charge < -0.3 is 24.4 Å². The fourth-order valence-electron chi connectivity index (χ4n) is 6.65. The molecule has 2 aliphatic heterocycles. The van der Waals surface area contributed by atoms with Gasteiger partial charge in [-0.2, -0.15) is 0 Å². The highest BCUT2D eigenvalue weighted by Crippen LogP contribution is 2.57. The van der Waals surface area contributed by atoms with Gasteiger partial charge in [-0.3, -0.25) is 4.79 Å². The summed E-state index contributed by atoms with van der Waals surface area (Å²) < 4.78 is 18.2. The molecule has 2 saturated heterocycles. The third-order valence-electron chi connectivity index (χ3n) is 8.01. The Morgan fingerprint density at radius 3 is 2.31 bits per heavy atom. The van der Waals surface area contributed by atoms with Crippen LogP contribution in [-0.2, 0) is 19.0 Å². The van der Waals surface area contributed by atoms with Crippen molar-refractivity contribution in [3.8, 4) is 0 Å². The normalized spacial score (nSPS) is 50.4. The number of hydrogen-bond donors (Lipinski definition) is 2. The molecule has 0 spiro atoms. The van der Waals surface area contributed by atoms with Crippen LogP contribution < -0.4 is 0 Å². The number of ether oxygens (including phenoxy) is 3. The molecule has 29 heavy (non-hydrogen) atoms. The zero-order valence-corrected chi connectivity index (χ0v) is 19.1. The van der Waals surface area contributed by atoms with Gasteiger partial charge in [-0.05, 0) is 58.3 Å². The van der Waals surface area contributed by atoms with Crippen LogP contribution in [0.4, 0.5) is 0 Å². The molecule has 2 unspecified atom stereocenters. The van der Waals surface area contributed by atoms with Crippen LogP contribution in [0.15, 0.2) is 0 Å². The first-order valence-corrected chi connectivity index (χ1v) is 11.1. The second kappa shape index (κ2) is 7.77. The van der Waals surface area contributed by atoms with E-state index in [4.69, 9.17) is 14.2 Å². The van der Waals surface area contributed by atoms with Gasteiger partial charge in [-0.15, -0.1) is 0 Å². The third-order valence-corrected chi connectivity index (χ3v) is 8.01. The van der Waals surface area contributed by atoms with Crippen molar-refractivity contribution in [2.75, 3.05) is 7.11 Å². The Morgan fingerprint density at radius 2 is 1.76 bits per heavy atom. The highest BCUT2D eigenvalue weighted by Gasteiger charge is 2.64. The molecule has 0 aromatic rings. The number of esters is 1. The minimum absolute atomic E-state index is 0.0722. The van der Waals surface area contributed by atoms with Crippen LogP contribution >= 0.6 is 0 Å². The van der Waals surface area contributed by atoms with Crippen molar-refractivity contribution in [3.63, 3.8) is 0 Å². The summed E-state index contributed by atoms with van der Waals surface area (Å²) in [5.74, 6) is 0.418. The highest BCUT2D eigenvalue weighted by molar-refractivity contribution is 5.66. The Bertz CT molecular complexity index is 614. The molecule has 3 rings (SSSR count). The van der Waals surface area contributed by atoms with Gasteiger partial charge >= 0.3 is 5.97 Å². The second-order valence-corrected chi connectivity index (χ2v) is 10.7. The van der Waals surface area contributed by atoms with Gasteiger partial charge in [-0.1, -0.05) is 13.8 Å². The van der Waals surface area contributed by atoms with Crippen LogP contribution in [0.2, 0.25) is 0 Å². The summed E-state index contributed by atoms with van der Waals surface area (Å²) in [5.41, 5.74) is -2.81. The molecular weight excluding hydrogens is 372 g/mol. The van der Waals surface area contributed by atoms with Crippen LogP contribution in [0.3, 0.4) is 0 Å². The zero-order chi connectivity index (χ0) is 21.8. The van der Waals surface area contributed by atoms with Gasteiger partial charge in [-0.25, -0.2) is 0 Å². The van der Waals surface area contributed by atoms with Gasteiger partial charge in [0.2, 0.25) is 0 Å². The maximum Gasteiger partial charge on any atom is 0.303 e. The van der Waals surface area contributed by atoms with Crippen molar-refractivity contribution in [2.24, 2.45) is 23.7 Å². The van der Waals surface area contributed by atoms with Crippen LogP contribution in [-0.4, -0.2) is 58.4 Å². The van der Waals surface area contributed by atoms with Crippen LogP contribution in [0.5, 0.6) is 0 Å². The van der Waals surface area contributed by atoms with Gasteiger partial charge in [0.05, 0.1) is 23.4 Å². The number of fused-ring (bicyclic) bond motifs is 5. The minimum Gasteiger partial charge on any atom is -0.457 e. The van der Waals surface area contributed by atoms with Crippen LogP contribution in [0.25, 0.3) is 0 Å². The second-order valence-electron chi connectivity index (χ2n) is 10.7. The first-order valence-electron chi connectivity index (χ1n) is 11.1. The number of aliphatic hydroxyl groups is 2. The summed E-state index contributed by atoms with van der Waals surface area (Å²) in [5, 5.41) is 22.7. The van der Waals surface area contributed by atoms with E-state index in [-0.39, 0.29) is 30.0 Å². The van der Waals surface area contributed by atoms with Crippen LogP contribution in [0.1, 0.15) is 73.6 Å². The summed E-state index contributed by atoms with van der Waals surface area (Å²) in [4.78, 5) is 12.0. The SMILES string of the molecule is CO[C@H]1CC[C@@](C)(OC(C)=O)C2OC(C[C@]1(C)O)[C@@H]1[C@H]2[C@@H](C(C)C)CC[C@@]1(C)O. The van der Waals surface area contributed by atoms with E-state index in [2.05, 4.69) is 13.8 Å². The predicted molar refractivity (Wildman–Crippen MR) is 109 cm³/mol. The predicted octanol–water partition coefficient (Wildman–Crippen LogP) is 3.07. The van der Waals surface area contributed by atoms with E-state index in [1.807, 2.05) is 13.8 Å². The summed E-state index contributed by atoms with van der Waals surface area (Å²) in [7, 11) is 1.60. The molecular formula is C23H40O6. The standard InChI is InChI=1S/C23H40O6/c1-13(2)15-8-10-21(4,25)19-16-12-22(5,26)17(27-7)9-11-23(6,29-14(3)24)20(28-16)18(15)19/h13,15-20,25-26H,8-12H2,1-7H3/t15-,16?,17+,18-,19-,20?,21-,22+,23-/m1/s1. The highest BCUT2D eigenvalue weighted by atomic mass is 16.6. The maximum atomic E-state index is 12.0. The lowest BCUT2D eigenvalue weighted by atomic mass is 9.57. The van der Waals surface area contributed by atoms with Gasteiger partial charge in [0.25, 0.3) is 0 Å². The van der Waals surface area contributed by atoms with E-state index < -0.39 is 22.9 Å². The first-order chi connectivity index (χ1) is 13.3. The van der Waals surface area contributed by atoms with Crippen molar-refractivity contribution >= 4 is 5.97 Å². The first kappa shape index (κ1) is 23.0. The Morgan fingerprint density at radius 1 is 1.10 bits per heavy atom. The molecule has 0 amide bonds. The summed E-state index contributed by atoms with van der Waals surface area (Å²) >= 11 is 0. The summed E-state index contributed by atoms with van der Waals surface area (Å²) in [6, 6.07) is 0. The number of hydrogen-bond acceptors (Lipinski definition) is 6. The number of rotatable bonds is 3. The monoisotopic (exact) mass is 412 g/mol. The maximum absolute atomic E-state index is 12.0. The fraction of sp³-hybridized carbons (Fsp3) is 0.957. The molecule has 0 radical (unpaired) electrons. The molecule has 0 aromatic heterocycles. The van der Waals surface area contributed by atoms with Crippen molar-refractivity contribution in [3.05, 3.63) is 0 Å². The molecule has 1 aliphatic carbocycles. The van der Waals surface area contributed by atoms with Gasteiger partial charge in [0.1, 0.15) is 11.7 Å². The topological polar surface area (TPSA) is 85.2 Å². The molecule has 6 nitrogen and oxygen atoms in total. The van der Waals surface area contributed by atoms with E-state index in [1.54, 1.807) is 14.0 Å². The molecule has 168 valence electrons. The molecule has 0 aromatic carbocycles. The number of carbonyl (C=O) groups excluding carboxylic acids is 1. The molecule has 9 atom stereocenters. The van der Waals surface area contributed by atoms with E-state index in [0.717, 1.165) is 6.42 Å². The Kier molecular flexibility index (Phi) is 6.16. The molecule has 6 heteroatoms. The summed E-state index contributed by atoms with van der Waals surface area (Å²) in [6.07, 6.45) is 2.10.